The van der Waals surface area contributed by atoms with Crippen LogP contribution in [0.2, 0.25) is 25.7 Å². The van der Waals surface area contributed by atoms with Crippen LogP contribution in [0.3, 0.4) is 0 Å². The van der Waals surface area contributed by atoms with Crippen molar-refractivity contribution in [3.05, 3.63) is 64.6 Å². The molecule has 0 aliphatic heterocycles. The van der Waals surface area contributed by atoms with Gasteiger partial charge in [-0.1, -0.05) is 19.6 Å². The van der Waals surface area contributed by atoms with Crippen molar-refractivity contribution in [2.24, 2.45) is 0 Å². The van der Waals surface area contributed by atoms with E-state index in [4.69, 9.17) is 9.47 Å². The Hall–Kier alpha value is -3.64. The first-order valence-electron chi connectivity index (χ1n) is 11.9. The molecule has 1 aromatic carbocycles. The van der Waals surface area contributed by atoms with Gasteiger partial charge in [-0.2, -0.15) is 5.10 Å². The van der Waals surface area contributed by atoms with Gasteiger partial charge in [0, 0.05) is 44.9 Å². The highest BCUT2D eigenvalue weighted by Crippen LogP contribution is 2.40. The van der Waals surface area contributed by atoms with Gasteiger partial charge in [-0.25, -0.2) is 13.8 Å². The van der Waals surface area contributed by atoms with E-state index in [9.17, 15) is 18.9 Å². The van der Waals surface area contributed by atoms with E-state index in [-0.39, 0.29) is 18.5 Å². The molecule has 196 valence electrons. The van der Waals surface area contributed by atoms with Gasteiger partial charge in [0.15, 0.2) is 17.4 Å². The fourth-order valence-electron chi connectivity index (χ4n) is 3.90. The minimum absolute atomic E-state index is 0.0435. The molecule has 12 heteroatoms. The maximum absolute atomic E-state index is 14.7. The number of aromatic nitrogens is 4. The van der Waals surface area contributed by atoms with Crippen molar-refractivity contribution < 1.29 is 23.2 Å². The summed E-state index contributed by atoms with van der Waals surface area (Å²) < 4.78 is 44.7. The Balaban J connectivity index is 1.81. The number of benzene rings is 1. The average molecular weight is 530 g/mol. The van der Waals surface area contributed by atoms with Gasteiger partial charge in [0.1, 0.15) is 18.1 Å². The average Bonchev–Trinajstić information content (AvgIpc) is 3.44. The van der Waals surface area contributed by atoms with Crippen LogP contribution in [-0.2, 0) is 11.5 Å². The molecule has 0 unspecified atom stereocenters. The molecule has 0 saturated carbocycles. The highest BCUT2D eigenvalue weighted by atomic mass is 28.3. The molecule has 3 aromatic heterocycles. The molecule has 0 amide bonds. The minimum Gasteiger partial charge on any atom is -0.450 e. The first-order chi connectivity index (χ1) is 17.5. The van der Waals surface area contributed by atoms with Gasteiger partial charge in [-0.05, 0) is 32.0 Å². The lowest BCUT2D eigenvalue weighted by molar-refractivity contribution is -0.385. The fourth-order valence-corrected chi connectivity index (χ4v) is 4.66. The van der Waals surface area contributed by atoms with E-state index in [1.165, 1.54) is 12.3 Å². The summed E-state index contributed by atoms with van der Waals surface area (Å²) >= 11 is 0. The van der Waals surface area contributed by atoms with Crippen LogP contribution >= 0.6 is 0 Å². The van der Waals surface area contributed by atoms with Crippen molar-refractivity contribution in [3.8, 4) is 22.8 Å². The van der Waals surface area contributed by atoms with Crippen LogP contribution in [0.1, 0.15) is 19.9 Å². The Morgan fingerprint density at radius 2 is 1.84 bits per heavy atom. The molecular formula is C25H29F2N5O4Si. The standard InChI is InChI=1S/C25H29F2N5O4Si/c1-16(2)31-21(6-9-29-31)18-14-30(15-35-10-11-37(3,4)5)25-23(18)22(7-8-28-25)36-24-19(26)12-17(32(33)34)13-20(24)27/h6-9,12-14,16H,10-11,15H2,1-5H3. The highest BCUT2D eigenvalue weighted by Gasteiger charge is 2.24. The van der Waals surface area contributed by atoms with Gasteiger partial charge in [-0.3, -0.25) is 14.8 Å². The van der Waals surface area contributed by atoms with Gasteiger partial charge < -0.3 is 14.0 Å². The predicted octanol–water partition coefficient (Wildman–Crippen LogP) is 6.77. The Bertz CT molecular complexity index is 1420. The summed E-state index contributed by atoms with van der Waals surface area (Å²) in [6, 6.07) is 5.64. The Labute approximate surface area is 213 Å². The summed E-state index contributed by atoms with van der Waals surface area (Å²) in [5, 5.41) is 15.9. The van der Waals surface area contributed by atoms with Gasteiger partial charge in [0.05, 0.1) is 28.1 Å². The van der Waals surface area contributed by atoms with E-state index in [0.29, 0.717) is 35.3 Å². The molecule has 4 rings (SSSR count). The molecule has 0 saturated heterocycles. The monoisotopic (exact) mass is 529 g/mol. The SMILES string of the molecule is CC(C)n1nccc1-c1cn(COCC[Si](C)(C)C)c2nccc(Oc3c(F)cc([N+](=O)[O-])cc3F)c12. The molecule has 0 fully saturated rings. The zero-order valence-electron chi connectivity index (χ0n) is 21.4. The second-order valence-corrected chi connectivity index (χ2v) is 15.8. The molecular weight excluding hydrogens is 500 g/mol. The summed E-state index contributed by atoms with van der Waals surface area (Å²) in [5.74, 6) is -2.95. The summed E-state index contributed by atoms with van der Waals surface area (Å²) in [5.41, 5.74) is 1.26. The number of nitrogens with zero attached hydrogens (tertiary/aromatic N) is 5. The zero-order valence-corrected chi connectivity index (χ0v) is 22.4. The maximum atomic E-state index is 14.7. The number of fused-ring (bicyclic) bond motifs is 1. The van der Waals surface area contributed by atoms with Crippen LogP contribution in [0.15, 0.2) is 42.9 Å². The lowest BCUT2D eigenvalue weighted by Crippen LogP contribution is -2.22. The van der Waals surface area contributed by atoms with E-state index in [2.05, 4.69) is 29.7 Å². The number of halogens is 2. The Morgan fingerprint density at radius 3 is 2.46 bits per heavy atom. The molecule has 0 bridgehead atoms. The van der Waals surface area contributed by atoms with Crippen molar-refractivity contribution in [1.29, 1.82) is 0 Å². The maximum Gasteiger partial charge on any atom is 0.275 e. The van der Waals surface area contributed by atoms with Crippen LogP contribution in [-0.4, -0.2) is 38.9 Å². The van der Waals surface area contributed by atoms with Crippen molar-refractivity contribution in [1.82, 2.24) is 19.3 Å². The predicted molar refractivity (Wildman–Crippen MR) is 139 cm³/mol. The van der Waals surface area contributed by atoms with Gasteiger partial charge in [0.25, 0.3) is 5.69 Å². The molecule has 0 N–H and O–H groups in total. The van der Waals surface area contributed by atoms with E-state index >= 15 is 0 Å². The number of non-ortho nitro benzene ring substituents is 1. The number of nitro groups is 1. The van der Waals surface area contributed by atoms with Crippen LogP contribution in [0.5, 0.6) is 11.5 Å². The topological polar surface area (TPSA) is 97.2 Å². The molecule has 0 atom stereocenters. The molecule has 3 heterocycles. The fraction of sp³-hybridized carbons (Fsp3) is 0.360. The van der Waals surface area contributed by atoms with E-state index in [1.54, 1.807) is 6.20 Å². The van der Waals surface area contributed by atoms with Crippen LogP contribution in [0.25, 0.3) is 22.3 Å². The van der Waals surface area contributed by atoms with Crippen LogP contribution in [0, 0.1) is 21.7 Å². The van der Waals surface area contributed by atoms with Gasteiger partial charge >= 0.3 is 0 Å². The molecule has 0 radical (unpaired) electrons. The molecule has 0 aliphatic rings. The third-order valence-corrected chi connectivity index (χ3v) is 7.49. The first-order valence-corrected chi connectivity index (χ1v) is 15.6. The molecule has 0 spiro atoms. The van der Waals surface area contributed by atoms with Gasteiger partial charge in [0.2, 0.25) is 0 Å². The summed E-state index contributed by atoms with van der Waals surface area (Å²) in [6.45, 7) is 11.6. The number of pyridine rings is 1. The summed E-state index contributed by atoms with van der Waals surface area (Å²) in [4.78, 5) is 14.6. The first kappa shape index (κ1) is 26.4. The van der Waals surface area contributed by atoms with E-state index < -0.39 is 36.1 Å². The van der Waals surface area contributed by atoms with Crippen molar-refractivity contribution >= 4 is 24.8 Å². The van der Waals surface area contributed by atoms with Crippen molar-refractivity contribution in [3.63, 3.8) is 0 Å². The Kier molecular flexibility index (Phi) is 7.41. The number of nitro benzene ring substituents is 1. The number of rotatable bonds is 10. The number of hydrogen-bond acceptors (Lipinski definition) is 6. The number of ether oxygens (including phenoxy) is 2. The second kappa shape index (κ2) is 10.4. The van der Waals surface area contributed by atoms with Crippen molar-refractivity contribution in [2.75, 3.05) is 6.61 Å². The quantitative estimate of drug-likeness (QED) is 0.0973. The second-order valence-electron chi connectivity index (χ2n) is 10.2. The molecule has 4 aromatic rings. The van der Waals surface area contributed by atoms with E-state index in [1.807, 2.05) is 35.4 Å². The molecule has 9 nitrogen and oxygen atoms in total. The van der Waals surface area contributed by atoms with Crippen LogP contribution in [0.4, 0.5) is 14.5 Å². The van der Waals surface area contributed by atoms with Crippen molar-refractivity contribution in [2.45, 2.75) is 52.3 Å². The lowest BCUT2D eigenvalue weighted by atomic mass is 10.1. The summed E-state index contributed by atoms with van der Waals surface area (Å²) in [7, 11) is -1.28. The molecule has 37 heavy (non-hydrogen) atoms. The third kappa shape index (κ3) is 5.70. The summed E-state index contributed by atoms with van der Waals surface area (Å²) in [6.07, 6.45) is 5.01. The Morgan fingerprint density at radius 1 is 1.14 bits per heavy atom. The molecule has 0 aliphatic carbocycles. The van der Waals surface area contributed by atoms with Gasteiger partial charge in [-0.15, -0.1) is 0 Å². The smallest absolute Gasteiger partial charge is 0.275 e. The lowest BCUT2D eigenvalue weighted by Gasteiger charge is -2.15. The number of hydrogen-bond donors (Lipinski definition) is 0. The van der Waals surface area contributed by atoms with E-state index in [0.717, 1.165) is 11.7 Å². The van der Waals surface area contributed by atoms with Crippen LogP contribution < -0.4 is 4.74 Å². The highest BCUT2D eigenvalue weighted by molar-refractivity contribution is 6.76. The largest absolute Gasteiger partial charge is 0.450 e. The zero-order chi connectivity index (χ0) is 26.9. The minimum atomic E-state index is -1.28. The third-order valence-electron chi connectivity index (χ3n) is 5.79. The normalized spacial score (nSPS) is 12.0.